The Hall–Kier alpha value is -3.38. The summed E-state index contributed by atoms with van der Waals surface area (Å²) in [7, 11) is 0. The first-order valence-electron chi connectivity index (χ1n) is 9.82. The minimum Gasteiger partial charge on any atom is -0.454 e. The van der Waals surface area contributed by atoms with Crippen molar-refractivity contribution in [3.05, 3.63) is 86.9 Å². The van der Waals surface area contributed by atoms with Gasteiger partial charge in [0.2, 0.25) is 0 Å². The Morgan fingerprint density at radius 3 is 2.51 bits per heavy atom. The lowest BCUT2D eigenvalue weighted by Gasteiger charge is -2.05. The van der Waals surface area contributed by atoms with Crippen LogP contribution in [0.4, 0.5) is 27.8 Å². The largest absolute Gasteiger partial charge is 0.454 e. The molecule has 7 nitrogen and oxygen atoms in total. The van der Waals surface area contributed by atoms with Crippen molar-refractivity contribution >= 4 is 34.9 Å². The predicted octanol–water partition coefficient (Wildman–Crippen LogP) is 6.34. The van der Waals surface area contributed by atoms with E-state index in [1.165, 1.54) is 35.1 Å². The summed E-state index contributed by atoms with van der Waals surface area (Å²) in [6, 6.07) is 8.42. The van der Waals surface area contributed by atoms with Gasteiger partial charge in [0.1, 0.15) is 28.0 Å². The number of hydrogen-bond acceptors (Lipinski definition) is 4. The number of nitrogens with zero attached hydrogens (tertiary/aromatic N) is 4. The second kappa shape index (κ2) is 10.1. The zero-order chi connectivity index (χ0) is 25.3. The highest BCUT2D eigenvalue weighted by molar-refractivity contribution is 6.33. The normalized spacial score (nSPS) is 11.6. The van der Waals surface area contributed by atoms with Gasteiger partial charge in [0.25, 0.3) is 18.8 Å². The number of carbonyl (C=O) groups excluding carboxylic acids is 1. The Kier molecular flexibility index (Phi) is 7.13. The van der Waals surface area contributed by atoms with E-state index in [4.69, 9.17) is 27.6 Å². The van der Waals surface area contributed by atoms with Gasteiger partial charge in [0.15, 0.2) is 11.6 Å². The highest BCUT2D eigenvalue weighted by atomic mass is 35.5. The van der Waals surface area contributed by atoms with Crippen molar-refractivity contribution in [1.29, 1.82) is 0 Å². The molecule has 0 fully saturated rings. The van der Waals surface area contributed by atoms with Crippen molar-refractivity contribution < 1.29 is 31.2 Å². The highest BCUT2D eigenvalue weighted by Gasteiger charge is 2.28. The van der Waals surface area contributed by atoms with Gasteiger partial charge in [-0.25, -0.2) is 22.0 Å². The number of hydrogen-bond donors (Lipinski definition) is 1. The molecule has 1 aromatic carbocycles. The fraction of sp³-hybridized carbons (Fsp3) is 0.190. The van der Waals surface area contributed by atoms with Crippen molar-refractivity contribution in [1.82, 2.24) is 19.6 Å². The molecule has 0 atom stereocenters. The molecule has 1 amide bonds. The quantitative estimate of drug-likeness (QED) is 0.268. The standard InChI is InChI=1S/C21H14Cl2F5N5O2/c22-13-9-32(7-10-2-1-3-11(24)6-10)31-20(13)29-21(34)14-5-4-12(35-14)8-33-17(19(27)28)15(23)16(30-33)18(25)26/h1-6,9,18-19H,7-8H2,(H,29,31,34). The average molecular weight is 534 g/mol. The molecular weight excluding hydrogens is 520 g/mol. The number of rotatable bonds is 8. The Bertz CT molecular complexity index is 1370. The molecule has 0 aliphatic rings. The maximum atomic E-state index is 13.4. The summed E-state index contributed by atoms with van der Waals surface area (Å²) in [4.78, 5) is 12.5. The molecule has 0 bridgehead atoms. The van der Waals surface area contributed by atoms with Crippen LogP contribution in [0.25, 0.3) is 0 Å². The SMILES string of the molecule is O=C(Nc1nn(Cc2cccc(F)c2)cc1Cl)c1ccc(Cn2nc(C(F)F)c(Cl)c2C(F)F)o1. The van der Waals surface area contributed by atoms with E-state index in [-0.39, 0.29) is 28.9 Å². The zero-order valence-corrected chi connectivity index (χ0v) is 18.9. The monoisotopic (exact) mass is 533 g/mol. The van der Waals surface area contributed by atoms with E-state index in [0.29, 0.717) is 10.2 Å². The molecule has 4 rings (SSSR count). The molecule has 0 aliphatic carbocycles. The maximum absolute atomic E-state index is 13.4. The van der Waals surface area contributed by atoms with E-state index in [1.807, 2.05) is 0 Å². The molecule has 184 valence electrons. The molecule has 1 N–H and O–H groups in total. The van der Waals surface area contributed by atoms with Crippen LogP contribution >= 0.6 is 23.2 Å². The number of aromatic nitrogens is 4. The summed E-state index contributed by atoms with van der Waals surface area (Å²) in [6.07, 6.45) is -4.88. The van der Waals surface area contributed by atoms with Gasteiger partial charge in [0, 0.05) is 6.20 Å². The summed E-state index contributed by atoms with van der Waals surface area (Å²) >= 11 is 11.7. The fourth-order valence-electron chi connectivity index (χ4n) is 3.23. The molecule has 4 aromatic rings. The predicted molar refractivity (Wildman–Crippen MR) is 116 cm³/mol. The summed E-state index contributed by atoms with van der Waals surface area (Å²) in [6.45, 7) is -0.278. The van der Waals surface area contributed by atoms with Crippen LogP contribution in [0, 0.1) is 5.82 Å². The molecule has 0 aliphatic heterocycles. The van der Waals surface area contributed by atoms with E-state index in [9.17, 15) is 26.7 Å². The molecule has 0 radical (unpaired) electrons. The van der Waals surface area contributed by atoms with E-state index in [1.54, 1.807) is 12.1 Å². The highest BCUT2D eigenvalue weighted by Crippen LogP contribution is 2.35. The van der Waals surface area contributed by atoms with Gasteiger partial charge in [-0.05, 0) is 29.8 Å². The first-order valence-corrected chi connectivity index (χ1v) is 10.6. The van der Waals surface area contributed by atoms with Crippen LogP contribution in [0.5, 0.6) is 0 Å². The molecule has 3 heterocycles. The van der Waals surface area contributed by atoms with Crippen molar-refractivity contribution in [2.75, 3.05) is 5.32 Å². The minimum atomic E-state index is -3.16. The summed E-state index contributed by atoms with van der Waals surface area (Å²) in [5.74, 6) is -1.39. The van der Waals surface area contributed by atoms with Crippen molar-refractivity contribution in [2.24, 2.45) is 0 Å². The zero-order valence-electron chi connectivity index (χ0n) is 17.4. The van der Waals surface area contributed by atoms with Crippen LogP contribution in [-0.2, 0) is 13.1 Å². The Labute approximate surface area is 204 Å². The first kappa shape index (κ1) is 24.7. The van der Waals surface area contributed by atoms with E-state index in [2.05, 4.69) is 15.5 Å². The van der Waals surface area contributed by atoms with Crippen LogP contribution in [0.3, 0.4) is 0 Å². The second-order valence-electron chi connectivity index (χ2n) is 7.22. The number of amides is 1. The van der Waals surface area contributed by atoms with Gasteiger partial charge in [0.05, 0.1) is 18.1 Å². The van der Waals surface area contributed by atoms with Crippen molar-refractivity contribution in [3.63, 3.8) is 0 Å². The van der Waals surface area contributed by atoms with Gasteiger partial charge in [-0.15, -0.1) is 0 Å². The molecule has 35 heavy (non-hydrogen) atoms. The third-order valence-corrected chi connectivity index (χ3v) is 5.41. The first-order chi connectivity index (χ1) is 16.6. The number of alkyl halides is 4. The van der Waals surface area contributed by atoms with E-state index in [0.717, 1.165) is 0 Å². The van der Waals surface area contributed by atoms with Crippen LogP contribution in [0.15, 0.2) is 47.0 Å². The van der Waals surface area contributed by atoms with Crippen LogP contribution < -0.4 is 5.32 Å². The number of benzene rings is 1. The number of anilines is 1. The smallest absolute Gasteiger partial charge is 0.292 e. The van der Waals surface area contributed by atoms with Gasteiger partial charge in [-0.3, -0.25) is 14.2 Å². The minimum absolute atomic E-state index is 0.00596. The number of carbonyl (C=O) groups is 1. The maximum Gasteiger partial charge on any atom is 0.292 e. The third-order valence-electron chi connectivity index (χ3n) is 4.74. The molecule has 3 aromatic heterocycles. The summed E-state index contributed by atoms with van der Waals surface area (Å²) < 4.78 is 73.3. The van der Waals surface area contributed by atoms with Crippen molar-refractivity contribution in [2.45, 2.75) is 25.9 Å². The van der Waals surface area contributed by atoms with Gasteiger partial charge < -0.3 is 9.73 Å². The molecule has 0 spiro atoms. The fourth-order valence-corrected chi connectivity index (χ4v) is 3.73. The Morgan fingerprint density at radius 2 is 1.83 bits per heavy atom. The van der Waals surface area contributed by atoms with E-state index >= 15 is 0 Å². The van der Waals surface area contributed by atoms with Gasteiger partial charge in [-0.1, -0.05) is 35.3 Å². The van der Waals surface area contributed by atoms with Crippen LogP contribution in [0.2, 0.25) is 10.0 Å². The third kappa shape index (κ3) is 5.49. The lowest BCUT2D eigenvalue weighted by molar-refractivity contribution is 0.0993. The van der Waals surface area contributed by atoms with E-state index < -0.39 is 47.5 Å². The van der Waals surface area contributed by atoms with Gasteiger partial charge >= 0.3 is 0 Å². The number of nitrogens with one attached hydrogen (secondary N) is 1. The molecular formula is C21H14Cl2F5N5O2. The van der Waals surface area contributed by atoms with Gasteiger partial charge in [-0.2, -0.15) is 10.2 Å². The lowest BCUT2D eigenvalue weighted by atomic mass is 10.2. The topological polar surface area (TPSA) is 77.9 Å². The average Bonchev–Trinajstić information content (AvgIpc) is 3.46. The summed E-state index contributed by atoms with van der Waals surface area (Å²) in [5, 5.41) is 9.30. The molecule has 0 saturated heterocycles. The summed E-state index contributed by atoms with van der Waals surface area (Å²) in [5.41, 5.74) is -1.25. The number of furan rings is 1. The second-order valence-corrected chi connectivity index (χ2v) is 8.00. The van der Waals surface area contributed by atoms with Crippen LogP contribution in [-0.4, -0.2) is 25.5 Å². The van der Waals surface area contributed by atoms with Crippen molar-refractivity contribution in [3.8, 4) is 0 Å². The Morgan fingerprint density at radius 1 is 1.06 bits per heavy atom. The number of halogens is 7. The lowest BCUT2D eigenvalue weighted by Crippen LogP contribution is -2.12. The molecule has 0 saturated carbocycles. The molecule has 14 heteroatoms. The molecule has 0 unspecified atom stereocenters. The Balaban J connectivity index is 1.47. The van der Waals surface area contributed by atoms with Crippen LogP contribution in [0.1, 0.15) is 46.1 Å².